The Labute approximate surface area is 187 Å². The summed E-state index contributed by atoms with van der Waals surface area (Å²) < 4.78 is 17.7. The van der Waals surface area contributed by atoms with E-state index in [-0.39, 0.29) is 0 Å². The monoisotopic (exact) mass is 469 g/mol. The van der Waals surface area contributed by atoms with Crippen molar-refractivity contribution in [1.82, 2.24) is 5.32 Å². The Balaban J connectivity index is 1.55. The summed E-state index contributed by atoms with van der Waals surface area (Å²) in [6.45, 7) is 4.21. The largest absolute Gasteiger partial charge is 0.497 e. The second-order valence-corrected chi connectivity index (χ2v) is 8.01. The van der Waals surface area contributed by atoms with Crippen LogP contribution in [-0.4, -0.2) is 20.8 Å². The summed E-state index contributed by atoms with van der Waals surface area (Å²) in [6.07, 6.45) is 0.958. The molecule has 0 aromatic heterocycles. The first-order valence-electron chi connectivity index (χ1n) is 9.97. The number of nitrogens with one attached hydrogen (secondary N) is 1. The van der Waals surface area contributed by atoms with Gasteiger partial charge in [0, 0.05) is 6.54 Å². The molecule has 0 amide bonds. The quantitative estimate of drug-likeness (QED) is 0.387. The predicted octanol–water partition coefficient (Wildman–Crippen LogP) is 5.69. The molecule has 3 rings (SSSR count). The number of hydrogen-bond acceptors (Lipinski definition) is 4. The van der Waals surface area contributed by atoms with Crippen LogP contribution < -0.4 is 19.5 Å². The van der Waals surface area contributed by atoms with Crippen molar-refractivity contribution >= 4 is 15.9 Å². The maximum absolute atomic E-state index is 6.04. The van der Waals surface area contributed by atoms with Gasteiger partial charge in [-0.15, -0.1) is 0 Å². The number of benzene rings is 3. The number of methoxy groups -OCH3 is 2. The fourth-order valence-electron chi connectivity index (χ4n) is 3.11. The van der Waals surface area contributed by atoms with Gasteiger partial charge in [-0.1, -0.05) is 42.0 Å². The first-order chi connectivity index (χ1) is 14.6. The Bertz CT molecular complexity index is 940. The van der Waals surface area contributed by atoms with Gasteiger partial charge in [-0.05, 0) is 76.8 Å². The van der Waals surface area contributed by atoms with E-state index in [0.29, 0.717) is 6.61 Å². The second kappa shape index (κ2) is 11.0. The van der Waals surface area contributed by atoms with Crippen LogP contribution in [0.4, 0.5) is 0 Å². The standard InChI is InChI=1S/C25H28BrNO3/c1-18-4-6-20(7-5-18)17-30-25-23(26)14-21(15-24(25)29-3)16-27-13-12-19-8-10-22(28-2)11-9-19/h4-11,14-15,27H,12-13,16-17H2,1-3H3. The van der Waals surface area contributed by atoms with Crippen molar-refractivity contribution in [3.8, 4) is 17.2 Å². The van der Waals surface area contributed by atoms with Crippen molar-refractivity contribution in [3.05, 3.63) is 87.4 Å². The van der Waals surface area contributed by atoms with Crippen LogP contribution in [0.15, 0.2) is 65.1 Å². The molecule has 5 heteroatoms. The van der Waals surface area contributed by atoms with Gasteiger partial charge in [0.2, 0.25) is 0 Å². The summed E-state index contributed by atoms with van der Waals surface area (Å²) in [5, 5.41) is 3.49. The van der Waals surface area contributed by atoms with Gasteiger partial charge in [0.1, 0.15) is 12.4 Å². The zero-order valence-electron chi connectivity index (χ0n) is 17.7. The lowest BCUT2D eigenvalue weighted by atomic mass is 10.1. The van der Waals surface area contributed by atoms with Gasteiger partial charge >= 0.3 is 0 Å². The molecule has 3 aromatic rings. The van der Waals surface area contributed by atoms with Crippen molar-refractivity contribution < 1.29 is 14.2 Å². The fraction of sp³-hybridized carbons (Fsp3) is 0.280. The van der Waals surface area contributed by atoms with Crippen LogP contribution in [0.1, 0.15) is 22.3 Å². The summed E-state index contributed by atoms with van der Waals surface area (Å²) in [5.74, 6) is 2.33. The van der Waals surface area contributed by atoms with Gasteiger partial charge in [-0.25, -0.2) is 0 Å². The first kappa shape index (κ1) is 22.2. The van der Waals surface area contributed by atoms with Gasteiger partial charge < -0.3 is 19.5 Å². The normalized spacial score (nSPS) is 10.7. The van der Waals surface area contributed by atoms with Crippen molar-refractivity contribution in [3.63, 3.8) is 0 Å². The van der Waals surface area contributed by atoms with Crippen molar-refractivity contribution in [2.75, 3.05) is 20.8 Å². The Morgan fingerprint density at radius 2 is 1.53 bits per heavy atom. The van der Waals surface area contributed by atoms with Gasteiger partial charge in [-0.2, -0.15) is 0 Å². The summed E-state index contributed by atoms with van der Waals surface area (Å²) in [7, 11) is 3.35. The zero-order chi connectivity index (χ0) is 21.3. The second-order valence-electron chi connectivity index (χ2n) is 7.16. The highest BCUT2D eigenvalue weighted by atomic mass is 79.9. The lowest BCUT2D eigenvalue weighted by Crippen LogP contribution is -2.16. The van der Waals surface area contributed by atoms with Gasteiger partial charge in [-0.3, -0.25) is 0 Å². The topological polar surface area (TPSA) is 39.7 Å². The maximum Gasteiger partial charge on any atom is 0.175 e. The minimum atomic E-state index is 0.495. The van der Waals surface area contributed by atoms with E-state index in [9.17, 15) is 0 Å². The van der Waals surface area contributed by atoms with E-state index in [0.717, 1.165) is 52.4 Å². The van der Waals surface area contributed by atoms with E-state index >= 15 is 0 Å². The molecule has 3 aromatic carbocycles. The highest BCUT2D eigenvalue weighted by Crippen LogP contribution is 2.37. The molecule has 0 aliphatic heterocycles. The van der Waals surface area contributed by atoms with Gasteiger partial charge in [0.15, 0.2) is 11.5 Å². The van der Waals surface area contributed by atoms with Crippen LogP contribution in [0, 0.1) is 6.92 Å². The molecular formula is C25H28BrNO3. The Kier molecular flexibility index (Phi) is 8.17. The molecule has 158 valence electrons. The molecule has 0 saturated carbocycles. The predicted molar refractivity (Wildman–Crippen MR) is 125 cm³/mol. The first-order valence-corrected chi connectivity index (χ1v) is 10.8. The smallest absolute Gasteiger partial charge is 0.175 e. The molecule has 1 N–H and O–H groups in total. The van der Waals surface area contributed by atoms with E-state index in [1.54, 1.807) is 14.2 Å². The highest BCUT2D eigenvalue weighted by molar-refractivity contribution is 9.10. The number of hydrogen-bond donors (Lipinski definition) is 1. The molecule has 0 atom stereocenters. The molecule has 30 heavy (non-hydrogen) atoms. The molecule has 0 saturated heterocycles. The molecule has 4 nitrogen and oxygen atoms in total. The molecular weight excluding hydrogens is 442 g/mol. The fourth-order valence-corrected chi connectivity index (χ4v) is 3.72. The maximum atomic E-state index is 6.04. The summed E-state index contributed by atoms with van der Waals surface area (Å²) in [5.41, 5.74) is 4.78. The third-order valence-electron chi connectivity index (χ3n) is 4.87. The van der Waals surface area contributed by atoms with Crippen LogP contribution in [0.25, 0.3) is 0 Å². The van der Waals surface area contributed by atoms with Gasteiger partial charge in [0.05, 0.1) is 18.7 Å². The van der Waals surface area contributed by atoms with Crippen molar-refractivity contribution in [1.29, 1.82) is 0 Å². The molecule has 0 aliphatic rings. The third-order valence-corrected chi connectivity index (χ3v) is 5.46. The Morgan fingerprint density at radius 3 is 2.20 bits per heavy atom. The van der Waals surface area contributed by atoms with E-state index in [1.165, 1.54) is 11.1 Å². The van der Waals surface area contributed by atoms with Crippen molar-refractivity contribution in [2.24, 2.45) is 0 Å². The zero-order valence-corrected chi connectivity index (χ0v) is 19.3. The van der Waals surface area contributed by atoms with Gasteiger partial charge in [0.25, 0.3) is 0 Å². The van der Waals surface area contributed by atoms with Crippen molar-refractivity contribution in [2.45, 2.75) is 26.5 Å². The molecule has 0 fully saturated rings. The van der Waals surface area contributed by atoms with Crippen LogP contribution in [0.3, 0.4) is 0 Å². The van der Waals surface area contributed by atoms with E-state index < -0.39 is 0 Å². The van der Waals surface area contributed by atoms with Crippen LogP contribution in [0.5, 0.6) is 17.2 Å². The Hall–Kier alpha value is -2.50. The summed E-state index contributed by atoms with van der Waals surface area (Å²) >= 11 is 3.64. The number of halogens is 1. The van der Waals surface area contributed by atoms with Crippen LogP contribution in [0.2, 0.25) is 0 Å². The molecule has 0 heterocycles. The van der Waals surface area contributed by atoms with E-state index in [2.05, 4.69) is 70.6 Å². The van der Waals surface area contributed by atoms with Crippen LogP contribution in [-0.2, 0) is 19.6 Å². The number of ether oxygens (including phenoxy) is 3. The average Bonchev–Trinajstić information content (AvgIpc) is 2.77. The minimum absolute atomic E-state index is 0.495. The molecule has 0 radical (unpaired) electrons. The minimum Gasteiger partial charge on any atom is -0.497 e. The molecule has 0 unspecified atom stereocenters. The lowest BCUT2D eigenvalue weighted by Gasteiger charge is -2.15. The lowest BCUT2D eigenvalue weighted by molar-refractivity contribution is 0.282. The summed E-state index contributed by atoms with van der Waals surface area (Å²) in [4.78, 5) is 0. The molecule has 0 aliphatic carbocycles. The number of rotatable bonds is 10. The third kappa shape index (κ3) is 6.25. The van der Waals surface area contributed by atoms with Crippen LogP contribution >= 0.6 is 15.9 Å². The number of aryl methyl sites for hydroxylation is 1. The van der Waals surface area contributed by atoms with E-state index in [4.69, 9.17) is 14.2 Å². The SMILES string of the molecule is COc1ccc(CCNCc2cc(Br)c(OCc3ccc(C)cc3)c(OC)c2)cc1. The highest BCUT2D eigenvalue weighted by Gasteiger charge is 2.12. The summed E-state index contributed by atoms with van der Waals surface area (Å²) in [6, 6.07) is 20.6. The molecule has 0 bridgehead atoms. The average molecular weight is 470 g/mol. The molecule has 0 spiro atoms. The Morgan fingerprint density at radius 1 is 0.833 bits per heavy atom. The van der Waals surface area contributed by atoms with E-state index in [1.807, 2.05) is 18.2 Å².